The van der Waals surface area contributed by atoms with Gasteiger partial charge in [-0.2, -0.15) is 0 Å². The lowest BCUT2D eigenvalue weighted by Crippen LogP contribution is -2.48. The Balaban J connectivity index is 2.10. The summed E-state index contributed by atoms with van der Waals surface area (Å²) in [5.41, 5.74) is 0.164. The highest BCUT2D eigenvalue weighted by atomic mass is 79.9. The molecule has 0 aliphatic heterocycles. The Morgan fingerprint density at radius 3 is 2.03 bits per heavy atom. The first-order valence-electron chi connectivity index (χ1n) is 13.0. The summed E-state index contributed by atoms with van der Waals surface area (Å²) in [4.78, 5) is 24.5. The molecule has 0 radical (unpaired) electrons. The van der Waals surface area contributed by atoms with Crippen molar-refractivity contribution in [1.29, 1.82) is 0 Å². The van der Waals surface area contributed by atoms with Gasteiger partial charge < -0.3 is 14.6 Å². The lowest BCUT2D eigenvalue weighted by molar-refractivity contribution is -0.154. The van der Waals surface area contributed by atoms with E-state index in [1.165, 1.54) is 32.1 Å². The number of carbonyl (C=O) groups is 2. The van der Waals surface area contributed by atoms with Crippen molar-refractivity contribution in [1.82, 2.24) is 0 Å². The van der Waals surface area contributed by atoms with Crippen LogP contribution in [0.25, 0.3) is 0 Å². The fraction of sp³-hybridized carbons (Fsp3) is 0.533. The highest BCUT2D eigenvalue weighted by molar-refractivity contribution is 9.10. The van der Waals surface area contributed by atoms with Crippen molar-refractivity contribution in [3.05, 3.63) is 70.2 Å². The number of hydrogen-bond donors (Lipinski definition) is 1. The van der Waals surface area contributed by atoms with Crippen LogP contribution in [0, 0.1) is 5.92 Å². The summed E-state index contributed by atoms with van der Waals surface area (Å²) in [5, 5.41) is 10.5. The Bertz CT molecular complexity index is 866. The molecule has 1 N–H and O–H groups in total. The molecule has 2 aromatic carbocycles. The van der Waals surface area contributed by atoms with E-state index in [1.54, 1.807) is 12.1 Å². The van der Waals surface area contributed by atoms with Gasteiger partial charge in [0.05, 0.1) is 12.7 Å². The van der Waals surface area contributed by atoms with Crippen molar-refractivity contribution in [2.24, 2.45) is 5.92 Å². The third-order valence-corrected chi connectivity index (χ3v) is 7.27. The Kier molecular flexibility index (Phi) is 13.3. The van der Waals surface area contributed by atoms with Gasteiger partial charge in [-0.25, -0.2) is 0 Å². The maximum atomic E-state index is 12.8. The third-order valence-electron chi connectivity index (χ3n) is 6.74. The molecule has 2 aromatic rings. The van der Waals surface area contributed by atoms with Gasteiger partial charge in [-0.15, -0.1) is 0 Å². The van der Waals surface area contributed by atoms with Crippen molar-refractivity contribution < 1.29 is 19.4 Å². The van der Waals surface area contributed by atoms with E-state index in [0.29, 0.717) is 24.9 Å². The molecule has 4 nitrogen and oxygen atoms in total. The fourth-order valence-electron chi connectivity index (χ4n) is 4.67. The molecule has 0 heterocycles. The molecule has 35 heavy (non-hydrogen) atoms. The van der Waals surface area contributed by atoms with E-state index in [-0.39, 0.29) is 6.42 Å². The molecule has 0 aliphatic carbocycles. The van der Waals surface area contributed by atoms with Gasteiger partial charge in [0.15, 0.2) is 0 Å². The quantitative estimate of drug-likeness (QED) is 0.152. The van der Waals surface area contributed by atoms with E-state index in [1.807, 2.05) is 42.5 Å². The number of benzene rings is 2. The predicted octanol–water partition coefficient (Wildman–Crippen LogP) is 8.11. The molecule has 192 valence electrons. The Morgan fingerprint density at radius 2 is 1.49 bits per heavy atom. The number of aliphatic carboxylic acids is 1. The van der Waals surface area contributed by atoms with E-state index >= 15 is 0 Å². The average molecular weight is 546 g/mol. The molecule has 0 aromatic heterocycles. The van der Waals surface area contributed by atoms with Crippen LogP contribution in [0.5, 0.6) is 0 Å². The second-order valence-corrected chi connectivity index (χ2v) is 10.8. The minimum atomic E-state index is -1.42. The summed E-state index contributed by atoms with van der Waals surface area (Å²) in [6.45, 7) is 4.85. The van der Waals surface area contributed by atoms with Gasteiger partial charge in [0.25, 0.3) is 0 Å². The normalized spacial score (nSPS) is 13.9. The molecule has 2 rings (SSSR count). The molecular weight excluding hydrogens is 504 g/mol. The van der Waals surface area contributed by atoms with Crippen molar-refractivity contribution in [2.45, 2.75) is 96.2 Å². The summed E-state index contributed by atoms with van der Waals surface area (Å²) in [7, 11) is 0. The van der Waals surface area contributed by atoms with Crippen molar-refractivity contribution in [3.63, 3.8) is 0 Å². The predicted molar refractivity (Wildman–Crippen MR) is 146 cm³/mol. The summed E-state index contributed by atoms with van der Waals surface area (Å²) in [5.74, 6) is -0.246. The zero-order chi connectivity index (χ0) is 25.5. The average Bonchev–Trinajstić information content (AvgIpc) is 2.84. The number of carboxylic acids is 1. The number of ether oxygens (including phenoxy) is 1. The van der Waals surface area contributed by atoms with Crippen LogP contribution in [0.4, 0.5) is 0 Å². The second kappa shape index (κ2) is 15.9. The van der Waals surface area contributed by atoms with E-state index < -0.39 is 17.5 Å². The molecule has 2 atom stereocenters. The number of aldehydes is 1. The van der Waals surface area contributed by atoms with Gasteiger partial charge in [0.1, 0.15) is 11.7 Å². The van der Waals surface area contributed by atoms with Gasteiger partial charge in [-0.1, -0.05) is 124 Å². The van der Waals surface area contributed by atoms with Crippen molar-refractivity contribution in [3.8, 4) is 0 Å². The van der Waals surface area contributed by atoms with Crippen LogP contribution in [-0.2, 0) is 26.3 Å². The fourth-order valence-corrected chi connectivity index (χ4v) is 4.94. The van der Waals surface area contributed by atoms with Crippen LogP contribution >= 0.6 is 15.9 Å². The molecule has 0 saturated carbocycles. The van der Waals surface area contributed by atoms with Gasteiger partial charge >= 0.3 is 5.97 Å². The zero-order valence-electron chi connectivity index (χ0n) is 21.3. The maximum absolute atomic E-state index is 12.8. The first-order chi connectivity index (χ1) is 16.9. The molecule has 5 heteroatoms. The molecule has 1 unspecified atom stereocenters. The number of hydrogen-bond acceptors (Lipinski definition) is 3. The van der Waals surface area contributed by atoms with E-state index in [9.17, 15) is 14.7 Å². The van der Waals surface area contributed by atoms with E-state index in [4.69, 9.17) is 4.74 Å². The minimum absolute atomic E-state index is 0.126. The lowest BCUT2D eigenvalue weighted by atomic mass is 9.71. The molecular formula is C30H41BrO4. The SMILES string of the molecule is CC(C)CCCCCCCCCC(OCc1ccccc1)[C@](CC=O)(C(=O)O)c1ccc(Br)cc1. The van der Waals surface area contributed by atoms with Crippen LogP contribution in [-0.4, -0.2) is 23.5 Å². The molecule has 0 spiro atoms. The zero-order valence-corrected chi connectivity index (χ0v) is 22.8. The second-order valence-electron chi connectivity index (χ2n) is 9.89. The molecule has 0 amide bonds. The smallest absolute Gasteiger partial charge is 0.317 e. The molecule has 0 bridgehead atoms. The third kappa shape index (κ3) is 9.53. The molecule has 0 aliphatic rings. The number of unbranched alkanes of at least 4 members (excludes halogenated alkanes) is 6. The topological polar surface area (TPSA) is 63.6 Å². The number of carboxylic acid groups (broad SMARTS) is 1. The van der Waals surface area contributed by atoms with Crippen LogP contribution in [0.3, 0.4) is 0 Å². The Labute approximate surface area is 219 Å². The Morgan fingerprint density at radius 1 is 0.914 bits per heavy atom. The molecule has 0 saturated heterocycles. The van der Waals surface area contributed by atoms with Gasteiger partial charge in [0, 0.05) is 10.9 Å². The van der Waals surface area contributed by atoms with Crippen molar-refractivity contribution in [2.75, 3.05) is 0 Å². The first kappa shape index (κ1) is 29.3. The first-order valence-corrected chi connectivity index (χ1v) is 13.8. The minimum Gasteiger partial charge on any atom is -0.480 e. The largest absolute Gasteiger partial charge is 0.480 e. The van der Waals surface area contributed by atoms with Gasteiger partial charge in [0.2, 0.25) is 0 Å². The lowest BCUT2D eigenvalue weighted by Gasteiger charge is -2.36. The van der Waals surface area contributed by atoms with E-state index in [0.717, 1.165) is 35.2 Å². The van der Waals surface area contributed by atoms with Crippen LogP contribution < -0.4 is 0 Å². The van der Waals surface area contributed by atoms with Crippen LogP contribution in [0.2, 0.25) is 0 Å². The maximum Gasteiger partial charge on any atom is 0.317 e. The summed E-state index contributed by atoms with van der Waals surface area (Å²) >= 11 is 3.43. The monoisotopic (exact) mass is 544 g/mol. The molecule has 0 fully saturated rings. The van der Waals surface area contributed by atoms with Crippen molar-refractivity contribution >= 4 is 28.2 Å². The van der Waals surface area contributed by atoms with Gasteiger partial charge in [-0.05, 0) is 35.6 Å². The van der Waals surface area contributed by atoms with E-state index in [2.05, 4.69) is 29.8 Å². The number of carbonyl (C=O) groups excluding carboxylic acids is 1. The van der Waals surface area contributed by atoms with Gasteiger partial charge in [-0.3, -0.25) is 4.79 Å². The summed E-state index contributed by atoms with van der Waals surface area (Å²) < 4.78 is 7.19. The van der Waals surface area contributed by atoms with Crippen LogP contribution in [0.15, 0.2) is 59.1 Å². The standard InChI is InChI=1S/C30H41BrO4/c1-24(2)13-9-6-4-3-5-7-12-16-28(35-23-25-14-10-8-11-15-25)30(21-22-32,29(33)34)26-17-19-27(31)20-18-26/h8,10-11,14-15,17-20,22,24,28H,3-7,9,12-13,16,21,23H2,1-2H3,(H,33,34)/t28?,30-/m1/s1. The summed E-state index contributed by atoms with van der Waals surface area (Å²) in [6.07, 6.45) is 9.95. The summed E-state index contributed by atoms with van der Waals surface area (Å²) in [6, 6.07) is 17.0. The Hall–Kier alpha value is -1.98. The highest BCUT2D eigenvalue weighted by Crippen LogP contribution is 2.37. The highest BCUT2D eigenvalue weighted by Gasteiger charge is 2.48. The number of rotatable bonds is 18. The number of halogens is 1. The van der Waals surface area contributed by atoms with Crippen LogP contribution in [0.1, 0.15) is 89.2 Å².